The highest BCUT2D eigenvalue weighted by Gasteiger charge is 2.42. The van der Waals surface area contributed by atoms with Crippen LogP contribution in [0, 0.1) is 0 Å². The maximum atomic E-state index is 12.0. The van der Waals surface area contributed by atoms with Gasteiger partial charge in [-0.2, -0.15) is 4.98 Å². The Labute approximate surface area is 142 Å². The Balaban J connectivity index is 1.96. The SMILES string of the molecule is CC(C)(C)[Si](C)(C)O[C@@H]1CCC[C@@H]1n1cnc2c(=O)[nH]c(N)nc21. The normalized spacial score (nSPS) is 22.4. The second kappa shape index (κ2) is 5.70. The summed E-state index contributed by atoms with van der Waals surface area (Å²) in [5.74, 6) is 0.120. The first-order chi connectivity index (χ1) is 11.1. The van der Waals surface area contributed by atoms with Gasteiger partial charge in [0, 0.05) is 0 Å². The summed E-state index contributed by atoms with van der Waals surface area (Å²) in [6, 6.07) is 0.151. The highest BCUT2D eigenvalue weighted by molar-refractivity contribution is 6.74. The largest absolute Gasteiger partial charge is 0.412 e. The van der Waals surface area contributed by atoms with E-state index in [0.717, 1.165) is 19.3 Å². The number of anilines is 1. The van der Waals surface area contributed by atoms with Crippen LogP contribution in [0.5, 0.6) is 0 Å². The van der Waals surface area contributed by atoms with Crippen molar-refractivity contribution in [2.24, 2.45) is 0 Å². The van der Waals surface area contributed by atoms with E-state index in [-0.39, 0.29) is 28.7 Å². The zero-order valence-corrected chi connectivity index (χ0v) is 16.1. The molecule has 0 unspecified atom stereocenters. The van der Waals surface area contributed by atoms with E-state index >= 15 is 0 Å². The lowest BCUT2D eigenvalue weighted by Gasteiger charge is -2.40. The number of rotatable bonds is 3. The van der Waals surface area contributed by atoms with Crippen molar-refractivity contribution in [2.75, 3.05) is 5.73 Å². The number of hydrogen-bond donors (Lipinski definition) is 2. The second-order valence-electron chi connectivity index (χ2n) is 8.19. The van der Waals surface area contributed by atoms with Crippen LogP contribution in [-0.2, 0) is 4.43 Å². The number of hydrogen-bond acceptors (Lipinski definition) is 5. The summed E-state index contributed by atoms with van der Waals surface area (Å²) in [7, 11) is -1.86. The van der Waals surface area contributed by atoms with Gasteiger partial charge in [-0.3, -0.25) is 9.78 Å². The maximum Gasteiger partial charge on any atom is 0.280 e. The monoisotopic (exact) mass is 349 g/mol. The van der Waals surface area contributed by atoms with Crippen LogP contribution < -0.4 is 11.3 Å². The Hall–Kier alpha value is -1.67. The van der Waals surface area contributed by atoms with Crippen LogP contribution in [0.15, 0.2) is 11.1 Å². The summed E-state index contributed by atoms with van der Waals surface area (Å²) in [5.41, 5.74) is 6.30. The number of nitrogens with two attached hydrogens (primary N) is 1. The number of H-pyrrole nitrogens is 1. The number of nitrogens with zero attached hydrogens (tertiary/aromatic N) is 3. The first-order valence-corrected chi connectivity index (χ1v) is 11.4. The van der Waals surface area contributed by atoms with Gasteiger partial charge >= 0.3 is 0 Å². The number of nitrogen functional groups attached to an aromatic ring is 1. The molecule has 0 radical (unpaired) electrons. The van der Waals surface area contributed by atoms with Crippen molar-refractivity contribution in [3.8, 4) is 0 Å². The molecular formula is C16H27N5O2Si. The number of fused-ring (bicyclic) bond motifs is 1. The summed E-state index contributed by atoms with van der Waals surface area (Å²) < 4.78 is 8.63. The van der Waals surface area contributed by atoms with E-state index < -0.39 is 8.32 Å². The number of nitrogens with one attached hydrogen (secondary N) is 1. The lowest BCUT2D eigenvalue weighted by atomic mass is 10.2. The fourth-order valence-corrected chi connectivity index (χ4v) is 4.49. The summed E-state index contributed by atoms with van der Waals surface area (Å²) in [5, 5.41) is 0.164. The van der Waals surface area contributed by atoms with Crippen molar-refractivity contribution in [3.63, 3.8) is 0 Å². The van der Waals surface area contributed by atoms with E-state index in [9.17, 15) is 4.79 Å². The van der Waals surface area contributed by atoms with Crippen molar-refractivity contribution in [2.45, 2.75) is 70.3 Å². The molecule has 2 atom stereocenters. The molecule has 3 rings (SSSR count). The fraction of sp³-hybridized carbons (Fsp3) is 0.688. The van der Waals surface area contributed by atoms with Gasteiger partial charge in [-0.1, -0.05) is 20.8 Å². The first-order valence-electron chi connectivity index (χ1n) is 8.50. The van der Waals surface area contributed by atoms with Crippen LogP contribution >= 0.6 is 0 Å². The minimum Gasteiger partial charge on any atom is -0.412 e. The van der Waals surface area contributed by atoms with Crippen molar-refractivity contribution >= 4 is 25.4 Å². The van der Waals surface area contributed by atoms with Gasteiger partial charge in [0.1, 0.15) is 0 Å². The van der Waals surface area contributed by atoms with Gasteiger partial charge in [0.25, 0.3) is 5.56 Å². The van der Waals surface area contributed by atoms with Crippen LogP contribution in [-0.4, -0.2) is 33.9 Å². The first kappa shape index (κ1) is 17.2. The Morgan fingerprint density at radius 3 is 2.75 bits per heavy atom. The zero-order valence-electron chi connectivity index (χ0n) is 15.1. The van der Waals surface area contributed by atoms with Crippen LogP contribution in [0.1, 0.15) is 46.1 Å². The molecule has 0 aromatic carbocycles. The molecule has 1 aliphatic carbocycles. The molecule has 0 bridgehead atoms. The molecule has 132 valence electrons. The molecule has 8 heteroatoms. The van der Waals surface area contributed by atoms with Gasteiger partial charge in [0.05, 0.1) is 18.5 Å². The number of aromatic amines is 1. The second-order valence-corrected chi connectivity index (χ2v) is 12.9. The average Bonchev–Trinajstić information content (AvgIpc) is 3.03. The minimum atomic E-state index is -1.86. The quantitative estimate of drug-likeness (QED) is 0.830. The summed E-state index contributed by atoms with van der Waals surface area (Å²) in [4.78, 5) is 23.0. The van der Waals surface area contributed by atoms with Gasteiger partial charge in [0.2, 0.25) is 5.95 Å². The molecule has 0 spiro atoms. The van der Waals surface area contributed by atoms with Crippen LogP contribution in [0.2, 0.25) is 18.1 Å². The van der Waals surface area contributed by atoms with Gasteiger partial charge in [-0.05, 0) is 37.4 Å². The molecule has 1 aliphatic rings. The van der Waals surface area contributed by atoms with Crippen LogP contribution in [0.4, 0.5) is 5.95 Å². The highest BCUT2D eigenvalue weighted by Crippen LogP contribution is 2.42. The lowest BCUT2D eigenvalue weighted by molar-refractivity contribution is 0.145. The van der Waals surface area contributed by atoms with E-state index in [1.54, 1.807) is 6.33 Å². The third-order valence-corrected chi connectivity index (χ3v) is 9.98. The molecule has 0 aliphatic heterocycles. The molecule has 0 amide bonds. The maximum absolute atomic E-state index is 12.0. The minimum absolute atomic E-state index is 0.120. The molecule has 2 aromatic rings. The number of imidazole rings is 1. The van der Waals surface area contributed by atoms with Crippen molar-refractivity contribution in [1.82, 2.24) is 19.5 Å². The van der Waals surface area contributed by atoms with E-state index in [4.69, 9.17) is 10.2 Å². The molecule has 1 fully saturated rings. The molecule has 1 saturated carbocycles. The molecule has 0 saturated heterocycles. The Morgan fingerprint density at radius 2 is 2.08 bits per heavy atom. The predicted octanol–water partition coefficient (Wildman–Crippen LogP) is 2.82. The highest BCUT2D eigenvalue weighted by atomic mass is 28.4. The summed E-state index contributed by atoms with van der Waals surface area (Å²) >= 11 is 0. The Bertz CT molecular complexity index is 805. The van der Waals surface area contributed by atoms with E-state index in [1.807, 2.05) is 4.57 Å². The van der Waals surface area contributed by atoms with Gasteiger partial charge < -0.3 is 14.7 Å². The van der Waals surface area contributed by atoms with Crippen molar-refractivity contribution in [1.29, 1.82) is 0 Å². The summed E-state index contributed by atoms with van der Waals surface area (Å²) in [6.07, 6.45) is 4.95. The zero-order chi connectivity index (χ0) is 17.7. The van der Waals surface area contributed by atoms with Gasteiger partial charge in [0.15, 0.2) is 19.5 Å². The smallest absolute Gasteiger partial charge is 0.280 e. The Kier molecular flexibility index (Phi) is 4.07. The third-order valence-electron chi connectivity index (χ3n) is 5.48. The van der Waals surface area contributed by atoms with E-state index in [2.05, 4.69) is 48.8 Å². The fourth-order valence-electron chi connectivity index (χ4n) is 3.10. The summed E-state index contributed by atoms with van der Waals surface area (Å²) in [6.45, 7) is 11.3. The molecule has 24 heavy (non-hydrogen) atoms. The van der Waals surface area contributed by atoms with Crippen LogP contribution in [0.3, 0.4) is 0 Å². The van der Waals surface area contributed by atoms with Gasteiger partial charge in [-0.15, -0.1) is 0 Å². The average molecular weight is 350 g/mol. The van der Waals surface area contributed by atoms with Crippen molar-refractivity contribution in [3.05, 3.63) is 16.7 Å². The number of aromatic nitrogens is 4. The topological polar surface area (TPSA) is 98.8 Å². The molecule has 2 heterocycles. The molecule has 7 nitrogen and oxygen atoms in total. The van der Waals surface area contributed by atoms with Gasteiger partial charge in [-0.25, -0.2) is 4.98 Å². The van der Waals surface area contributed by atoms with E-state index in [1.165, 1.54) is 0 Å². The predicted molar refractivity (Wildman–Crippen MR) is 97.5 cm³/mol. The lowest BCUT2D eigenvalue weighted by Crippen LogP contribution is -2.45. The molecule has 3 N–H and O–H groups in total. The molecule has 2 aromatic heterocycles. The van der Waals surface area contributed by atoms with Crippen molar-refractivity contribution < 1.29 is 4.43 Å². The third kappa shape index (κ3) is 2.88. The standard InChI is InChI=1S/C16H27N5O2Si/c1-16(2,3)24(4,5)23-11-8-6-7-10(11)21-9-18-12-13(21)19-15(17)20-14(12)22/h9-11H,6-8H2,1-5H3,(H3,17,19,20,22)/t10-,11+/m0/s1. The Morgan fingerprint density at radius 1 is 1.38 bits per heavy atom. The van der Waals surface area contributed by atoms with Crippen LogP contribution in [0.25, 0.3) is 11.2 Å². The molecular weight excluding hydrogens is 322 g/mol. The van der Waals surface area contributed by atoms with E-state index in [0.29, 0.717) is 11.2 Å².